The molecule has 8 heteroatoms. The third kappa shape index (κ3) is 3.71. The first-order valence-corrected chi connectivity index (χ1v) is 4.25. The van der Waals surface area contributed by atoms with Crippen molar-refractivity contribution in [3.63, 3.8) is 0 Å². The summed E-state index contributed by atoms with van der Waals surface area (Å²) in [6, 6.07) is 0. The van der Waals surface area contributed by atoms with Gasteiger partial charge in [-0.1, -0.05) is 0 Å². The number of nitrogens with zero attached hydrogens (tertiary/aromatic N) is 2. The number of carbonyl (C=O) groups is 1. The van der Waals surface area contributed by atoms with Crippen LogP contribution in [0.1, 0.15) is 16.9 Å². The molecule has 5 nitrogen and oxygen atoms in total. The molecule has 0 saturated carbocycles. The molecule has 1 heterocycles. The first kappa shape index (κ1) is 12.2. The third-order valence-corrected chi connectivity index (χ3v) is 1.60. The van der Waals surface area contributed by atoms with Crippen LogP contribution in [0, 0.1) is 0 Å². The molecular formula is C8H8F3N3O2. The number of aromatic carboxylic acids is 1. The van der Waals surface area contributed by atoms with Crippen molar-refractivity contribution < 1.29 is 23.1 Å². The monoisotopic (exact) mass is 235 g/mol. The number of hydrogen-bond acceptors (Lipinski definition) is 4. The second-order valence-corrected chi connectivity index (χ2v) is 2.85. The van der Waals surface area contributed by atoms with Gasteiger partial charge in [-0.15, -0.1) is 0 Å². The maximum Gasteiger partial charge on any atom is 0.390 e. The van der Waals surface area contributed by atoms with Crippen molar-refractivity contribution in [3.05, 3.63) is 18.1 Å². The molecular weight excluding hydrogens is 227 g/mol. The summed E-state index contributed by atoms with van der Waals surface area (Å²) >= 11 is 0. The van der Waals surface area contributed by atoms with Crippen LogP contribution in [0.15, 0.2) is 12.4 Å². The van der Waals surface area contributed by atoms with Crippen LogP contribution >= 0.6 is 0 Å². The number of anilines is 1. The molecule has 0 aliphatic heterocycles. The maximum atomic E-state index is 11.8. The Kier molecular flexibility index (Phi) is 3.64. The van der Waals surface area contributed by atoms with Crippen LogP contribution in [0.3, 0.4) is 0 Å². The summed E-state index contributed by atoms with van der Waals surface area (Å²) in [5.41, 5.74) is -0.398. The SMILES string of the molecule is O=C(O)c1nccnc1NCCC(F)(F)F. The van der Waals surface area contributed by atoms with Crippen LogP contribution in [0.5, 0.6) is 0 Å². The summed E-state index contributed by atoms with van der Waals surface area (Å²) in [7, 11) is 0. The summed E-state index contributed by atoms with van der Waals surface area (Å²) in [4.78, 5) is 17.7. The van der Waals surface area contributed by atoms with Crippen LogP contribution in [0.2, 0.25) is 0 Å². The minimum atomic E-state index is -4.29. The van der Waals surface area contributed by atoms with E-state index in [0.29, 0.717) is 0 Å². The van der Waals surface area contributed by atoms with E-state index in [4.69, 9.17) is 5.11 Å². The Morgan fingerprint density at radius 2 is 2.00 bits per heavy atom. The van der Waals surface area contributed by atoms with E-state index in [1.54, 1.807) is 0 Å². The average molecular weight is 235 g/mol. The second kappa shape index (κ2) is 4.77. The minimum Gasteiger partial charge on any atom is -0.476 e. The minimum absolute atomic E-state index is 0.167. The van der Waals surface area contributed by atoms with Crippen molar-refractivity contribution >= 4 is 11.8 Å². The highest BCUT2D eigenvalue weighted by atomic mass is 19.4. The highest BCUT2D eigenvalue weighted by molar-refractivity contribution is 5.90. The Morgan fingerprint density at radius 1 is 1.38 bits per heavy atom. The normalized spacial score (nSPS) is 11.2. The van der Waals surface area contributed by atoms with E-state index in [9.17, 15) is 18.0 Å². The van der Waals surface area contributed by atoms with Gasteiger partial charge in [-0.05, 0) is 0 Å². The molecule has 0 unspecified atom stereocenters. The van der Waals surface area contributed by atoms with Gasteiger partial charge < -0.3 is 10.4 Å². The summed E-state index contributed by atoms with van der Waals surface area (Å²) in [5, 5.41) is 10.9. The molecule has 1 aromatic rings. The van der Waals surface area contributed by atoms with Gasteiger partial charge in [0.1, 0.15) is 0 Å². The average Bonchev–Trinajstić information content (AvgIpc) is 2.16. The predicted molar refractivity (Wildman–Crippen MR) is 48.2 cm³/mol. The molecule has 0 aromatic carbocycles. The standard InChI is InChI=1S/C8H8F3N3O2/c9-8(10,11)1-2-13-6-5(7(15)16)12-3-4-14-6/h3-4H,1-2H2,(H,13,14)(H,15,16). The second-order valence-electron chi connectivity index (χ2n) is 2.85. The van der Waals surface area contributed by atoms with Gasteiger partial charge in [-0.3, -0.25) is 0 Å². The molecule has 0 spiro atoms. The highest BCUT2D eigenvalue weighted by Crippen LogP contribution is 2.19. The number of hydrogen-bond donors (Lipinski definition) is 2. The first-order valence-electron chi connectivity index (χ1n) is 4.25. The lowest BCUT2D eigenvalue weighted by Gasteiger charge is -2.09. The molecule has 88 valence electrons. The lowest BCUT2D eigenvalue weighted by atomic mass is 10.3. The van der Waals surface area contributed by atoms with Crippen molar-refractivity contribution in [2.24, 2.45) is 0 Å². The molecule has 0 atom stereocenters. The number of carboxylic acids is 1. The number of alkyl halides is 3. The zero-order valence-corrected chi connectivity index (χ0v) is 7.95. The summed E-state index contributed by atoms with van der Waals surface area (Å²) in [5.74, 6) is -1.51. The molecule has 0 amide bonds. The van der Waals surface area contributed by atoms with E-state index < -0.39 is 30.8 Å². The van der Waals surface area contributed by atoms with Gasteiger partial charge in [0.2, 0.25) is 0 Å². The zero-order chi connectivity index (χ0) is 12.2. The van der Waals surface area contributed by atoms with Crippen molar-refractivity contribution in [3.8, 4) is 0 Å². The molecule has 0 aliphatic rings. The molecule has 1 aromatic heterocycles. The summed E-state index contributed by atoms with van der Waals surface area (Å²) in [6.07, 6.45) is -3.01. The van der Waals surface area contributed by atoms with E-state index in [1.165, 1.54) is 6.20 Å². The van der Waals surface area contributed by atoms with Gasteiger partial charge >= 0.3 is 12.1 Å². The van der Waals surface area contributed by atoms with Crippen LogP contribution in [0.25, 0.3) is 0 Å². The molecule has 0 bridgehead atoms. The van der Waals surface area contributed by atoms with Gasteiger partial charge in [0.05, 0.1) is 6.42 Å². The molecule has 16 heavy (non-hydrogen) atoms. The Labute approximate surface area is 88.3 Å². The van der Waals surface area contributed by atoms with E-state index in [2.05, 4.69) is 15.3 Å². The van der Waals surface area contributed by atoms with Crippen LogP contribution in [-0.2, 0) is 0 Å². The van der Waals surface area contributed by atoms with Gasteiger partial charge in [0.25, 0.3) is 0 Å². The van der Waals surface area contributed by atoms with Gasteiger partial charge in [-0.25, -0.2) is 14.8 Å². The third-order valence-electron chi connectivity index (χ3n) is 1.60. The number of carboxylic acid groups (broad SMARTS) is 1. The lowest BCUT2D eigenvalue weighted by Crippen LogP contribution is -2.17. The van der Waals surface area contributed by atoms with Crippen molar-refractivity contribution in [1.29, 1.82) is 0 Å². The maximum absolute atomic E-state index is 11.8. The van der Waals surface area contributed by atoms with Gasteiger partial charge in [-0.2, -0.15) is 13.2 Å². The van der Waals surface area contributed by atoms with E-state index in [0.717, 1.165) is 6.20 Å². The van der Waals surface area contributed by atoms with E-state index in [-0.39, 0.29) is 5.82 Å². The molecule has 0 saturated heterocycles. The Bertz CT molecular complexity index is 381. The summed E-state index contributed by atoms with van der Waals surface area (Å²) < 4.78 is 35.5. The van der Waals surface area contributed by atoms with Gasteiger partial charge in [0, 0.05) is 18.9 Å². The molecule has 0 radical (unpaired) electrons. The fraction of sp³-hybridized carbons (Fsp3) is 0.375. The molecule has 1 rings (SSSR count). The molecule has 0 aliphatic carbocycles. The fourth-order valence-electron chi connectivity index (χ4n) is 0.947. The van der Waals surface area contributed by atoms with Crippen LogP contribution in [-0.4, -0.2) is 33.8 Å². The predicted octanol–water partition coefficient (Wildman–Crippen LogP) is 1.54. The van der Waals surface area contributed by atoms with Crippen LogP contribution < -0.4 is 5.32 Å². The van der Waals surface area contributed by atoms with Crippen molar-refractivity contribution in [2.75, 3.05) is 11.9 Å². The Balaban J connectivity index is 2.64. The van der Waals surface area contributed by atoms with Crippen molar-refractivity contribution in [1.82, 2.24) is 9.97 Å². The molecule has 2 N–H and O–H groups in total. The number of rotatable bonds is 4. The Morgan fingerprint density at radius 3 is 2.56 bits per heavy atom. The number of aromatic nitrogens is 2. The highest BCUT2D eigenvalue weighted by Gasteiger charge is 2.26. The quantitative estimate of drug-likeness (QED) is 0.827. The fourth-order valence-corrected chi connectivity index (χ4v) is 0.947. The van der Waals surface area contributed by atoms with Crippen molar-refractivity contribution in [2.45, 2.75) is 12.6 Å². The largest absolute Gasteiger partial charge is 0.476 e. The topological polar surface area (TPSA) is 75.1 Å². The number of halogens is 3. The zero-order valence-electron chi connectivity index (χ0n) is 7.95. The first-order chi connectivity index (χ1) is 7.40. The number of nitrogens with one attached hydrogen (secondary N) is 1. The van der Waals surface area contributed by atoms with E-state index in [1.807, 2.05) is 0 Å². The van der Waals surface area contributed by atoms with E-state index >= 15 is 0 Å². The summed E-state index contributed by atoms with van der Waals surface area (Å²) in [6.45, 7) is -0.442. The smallest absolute Gasteiger partial charge is 0.390 e. The Hall–Kier alpha value is -1.86. The van der Waals surface area contributed by atoms with Gasteiger partial charge in [0.15, 0.2) is 11.5 Å². The lowest BCUT2D eigenvalue weighted by molar-refractivity contribution is -0.131. The van der Waals surface area contributed by atoms with Crippen LogP contribution in [0.4, 0.5) is 19.0 Å². The molecule has 0 fully saturated rings.